The van der Waals surface area contributed by atoms with Gasteiger partial charge in [-0.2, -0.15) is 0 Å². The summed E-state index contributed by atoms with van der Waals surface area (Å²) in [5, 5.41) is 20.0. The van der Waals surface area contributed by atoms with Gasteiger partial charge in [0.05, 0.1) is 30.1 Å². The largest absolute Gasteiger partial charge is 0.508 e. The number of aromatic hydroxyl groups is 1. The molecule has 16 nitrogen and oxygen atoms in total. The molecule has 0 spiro atoms. The first-order valence-electron chi connectivity index (χ1n) is 25.3. The number of methoxy groups -OCH3 is 1. The van der Waals surface area contributed by atoms with Gasteiger partial charge in [0.1, 0.15) is 23.9 Å². The SMILES string of the molecule is CCn1c(-c2cccnc2[C@H](C)OC)c2c3cc(ccc31)-c1cc(O)cc(c1)C[C@H](NC(=O)[C@H](C(C)C)N(C)C(=O)[C@H]1C[C@H]3CC[C@@H](C1)N3C(=O)[C@@H]1CN1)C(=O)N1CCC[C@H](N1)C(=O)OCC(C)(C)C2. The Labute approximate surface area is 410 Å². The number of likely N-dealkylation sites (N-methyl/N-ethyl adjacent to an activating group) is 1. The Morgan fingerprint density at radius 1 is 1.03 bits per heavy atom. The van der Waals surface area contributed by atoms with Crippen LogP contribution in [0.2, 0.25) is 0 Å². The number of hydrazine groups is 1. The molecule has 374 valence electrons. The Hall–Kier alpha value is -5.84. The standard InChI is InChI=1S/C54H70N8O8/c1-9-60-45-17-14-33-26-40(45)41(48(60)39-12-10-18-55-46(39)31(4)69-8)27-54(5,6)29-70-53(68)42-13-11-19-61(58-42)51(66)43(22-32-20-34(33)25-38(63)21-32)57-49(64)47(30(2)3)59(7)50(65)35-23-36-15-16-37(24-35)62(36)52(67)44-28-56-44/h10,12,14,17-18,20-21,25-26,30-31,35-37,42-44,47,56,58,63H,9,11,13,15-16,19,22-24,27-29H2,1-8H3,(H,57,64)/t31-,35-,36+,37-,42-,43-,44-,47-/m0/s1. The van der Waals surface area contributed by atoms with Crippen LogP contribution in [0.3, 0.4) is 0 Å². The quantitative estimate of drug-likeness (QED) is 0.113. The third-order valence-electron chi connectivity index (χ3n) is 15.4. The summed E-state index contributed by atoms with van der Waals surface area (Å²) in [5.41, 5.74) is 9.64. The van der Waals surface area contributed by atoms with Crippen LogP contribution in [0.15, 0.2) is 54.7 Å². The number of hydrogen-bond acceptors (Lipinski definition) is 11. The van der Waals surface area contributed by atoms with Crippen LogP contribution >= 0.6 is 0 Å². The molecule has 0 saturated carbocycles. The zero-order valence-electron chi connectivity index (χ0n) is 41.9. The lowest BCUT2D eigenvalue weighted by atomic mass is 9.84. The summed E-state index contributed by atoms with van der Waals surface area (Å²) in [4.78, 5) is 79.4. The van der Waals surface area contributed by atoms with Gasteiger partial charge < -0.3 is 39.6 Å². The van der Waals surface area contributed by atoms with E-state index in [1.807, 2.05) is 43.9 Å². The van der Waals surface area contributed by atoms with Crippen LogP contribution in [-0.2, 0) is 52.8 Å². The first kappa shape index (κ1) is 49.2. The molecule has 5 aliphatic rings. The molecule has 0 aliphatic carbocycles. The minimum atomic E-state index is -1.15. The highest BCUT2D eigenvalue weighted by Crippen LogP contribution is 2.43. The number of carbonyl (C=O) groups is 5. The molecular weight excluding hydrogens is 889 g/mol. The van der Waals surface area contributed by atoms with E-state index < -0.39 is 41.3 Å². The van der Waals surface area contributed by atoms with Crippen LogP contribution < -0.4 is 16.1 Å². The first-order chi connectivity index (χ1) is 33.5. The molecule has 4 aromatic rings. The Morgan fingerprint density at radius 3 is 2.46 bits per heavy atom. The van der Waals surface area contributed by atoms with E-state index in [2.05, 4.69) is 59.6 Å². The average Bonchev–Trinajstić information content (AvgIpc) is 4.11. The molecule has 4 saturated heterocycles. The highest BCUT2D eigenvalue weighted by atomic mass is 16.5. The third-order valence-corrected chi connectivity index (χ3v) is 15.4. The monoisotopic (exact) mass is 959 g/mol. The molecule has 9 rings (SSSR count). The van der Waals surface area contributed by atoms with Crippen molar-refractivity contribution in [2.75, 3.05) is 33.9 Å². The van der Waals surface area contributed by atoms with Gasteiger partial charge in [-0.15, -0.1) is 0 Å². The molecule has 4 amide bonds. The van der Waals surface area contributed by atoms with Crippen LogP contribution in [0.25, 0.3) is 33.3 Å². The second-order valence-electron chi connectivity index (χ2n) is 21.4. The molecule has 16 heteroatoms. The number of hydrogen-bond donors (Lipinski definition) is 4. The summed E-state index contributed by atoms with van der Waals surface area (Å²) in [6, 6.07) is 12.5. The molecule has 0 unspecified atom stereocenters. The van der Waals surface area contributed by atoms with Crippen molar-refractivity contribution in [1.82, 2.24) is 40.4 Å². The minimum absolute atomic E-state index is 0.000609. The topological polar surface area (TPSA) is 198 Å². The first-order valence-corrected chi connectivity index (χ1v) is 25.3. The highest BCUT2D eigenvalue weighted by molar-refractivity contribution is 5.96. The smallest absolute Gasteiger partial charge is 0.324 e. The highest BCUT2D eigenvalue weighted by Gasteiger charge is 2.49. The maximum Gasteiger partial charge on any atom is 0.324 e. The number of aryl methyl sites for hydroxylation is 1. The van der Waals surface area contributed by atoms with Gasteiger partial charge in [-0.1, -0.05) is 39.8 Å². The summed E-state index contributed by atoms with van der Waals surface area (Å²) in [6.07, 6.45) is 5.83. The second-order valence-corrected chi connectivity index (χ2v) is 21.4. The summed E-state index contributed by atoms with van der Waals surface area (Å²) in [7, 11) is 3.34. The number of rotatable bonds is 10. The lowest BCUT2D eigenvalue weighted by Gasteiger charge is -2.41. The van der Waals surface area contributed by atoms with Gasteiger partial charge >= 0.3 is 5.97 Å². The molecule has 7 heterocycles. The van der Waals surface area contributed by atoms with E-state index in [9.17, 15) is 29.1 Å². The predicted octanol–water partition coefficient (Wildman–Crippen LogP) is 5.68. The number of pyridine rings is 1. The molecule has 8 bridgehead atoms. The fourth-order valence-corrected chi connectivity index (χ4v) is 11.8. The minimum Gasteiger partial charge on any atom is -0.508 e. The predicted molar refractivity (Wildman–Crippen MR) is 265 cm³/mol. The van der Waals surface area contributed by atoms with E-state index in [4.69, 9.17) is 14.5 Å². The van der Waals surface area contributed by atoms with Crippen molar-refractivity contribution in [3.63, 3.8) is 0 Å². The second kappa shape index (κ2) is 19.7. The van der Waals surface area contributed by atoms with Gasteiger partial charge in [0, 0.05) is 86.3 Å². The summed E-state index contributed by atoms with van der Waals surface area (Å²) in [5.74, 6) is -2.10. The van der Waals surface area contributed by atoms with Gasteiger partial charge in [0.25, 0.3) is 5.91 Å². The van der Waals surface area contributed by atoms with Crippen LogP contribution in [-0.4, -0.2) is 129 Å². The summed E-state index contributed by atoms with van der Waals surface area (Å²) < 4.78 is 14.3. The van der Waals surface area contributed by atoms with Gasteiger partial charge in [0.15, 0.2) is 0 Å². The number of amides is 4. The van der Waals surface area contributed by atoms with Gasteiger partial charge in [0.2, 0.25) is 17.7 Å². The number of phenols is 1. The molecule has 4 N–H and O–H groups in total. The van der Waals surface area contributed by atoms with Crippen LogP contribution in [0.1, 0.15) is 103 Å². The number of fused-ring (bicyclic) bond motifs is 8. The van der Waals surface area contributed by atoms with Crippen molar-refractivity contribution in [3.05, 3.63) is 71.5 Å². The molecule has 2 aromatic carbocycles. The van der Waals surface area contributed by atoms with Crippen LogP contribution in [0.4, 0.5) is 0 Å². The average molecular weight is 959 g/mol. The van der Waals surface area contributed by atoms with Crippen molar-refractivity contribution in [1.29, 1.82) is 0 Å². The lowest BCUT2D eigenvalue weighted by Crippen LogP contribution is -2.62. The zero-order chi connectivity index (χ0) is 49.8. The van der Waals surface area contributed by atoms with E-state index in [1.165, 1.54) is 9.91 Å². The van der Waals surface area contributed by atoms with Crippen molar-refractivity contribution in [3.8, 4) is 28.1 Å². The Morgan fingerprint density at radius 2 is 1.77 bits per heavy atom. The molecule has 4 fully saturated rings. The number of nitrogens with one attached hydrogen (secondary N) is 3. The molecule has 2 aromatic heterocycles. The van der Waals surface area contributed by atoms with Crippen LogP contribution in [0.5, 0.6) is 5.75 Å². The fraction of sp³-hybridized carbons (Fsp3) is 0.556. The van der Waals surface area contributed by atoms with Gasteiger partial charge in [-0.3, -0.25) is 34.0 Å². The van der Waals surface area contributed by atoms with Crippen molar-refractivity contribution >= 4 is 40.5 Å². The maximum atomic E-state index is 14.8. The van der Waals surface area contributed by atoms with Crippen LogP contribution in [0, 0.1) is 17.3 Å². The fourth-order valence-electron chi connectivity index (χ4n) is 11.8. The summed E-state index contributed by atoms with van der Waals surface area (Å²) >= 11 is 0. The van der Waals surface area contributed by atoms with E-state index in [-0.39, 0.29) is 73.2 Å². The lowest BCUT2D eigenvalue weighted by molar-refractivity contribution is -0.155. The Kier molecular flexibility index (Phi) is 13.9. The van der Waals surface area contributed by atoms with E-state index in [0.29, 0.717) is 50.8 Å². The Bertz CT molecular complexity index is 2660. The third kappa shape index (κ3) is 9.66. The van der Waals surface area contributed by atoms with Crippen molar-refractivity contribution in [2.45, 2.75) is 142 Å². The number of carbonyl (C=O) groups excluding carboxylic acids is 5. The van der Waals surface area contributed by atoms with E-state index in [0.717, 1.165) is 57.4 Å². The number of piperidine rings is 1. The number of aromatic nitrogens is 2. The number of benzene rings is 2. The Balaban J connectivity index is 1.07. The van der Waals surface area contributed by atoms with Crippen molar-refractivity contribution in [2.24, 2.45) is 17.3 Å². The number of phenolic OH excluding ortho intramolecular Hbond substituents is 1. The molecule has 0 radical (unpaired) electrons. The zero-order valence-corrected chi connectivity index (χ0v) is 41.9. The number of cyclic esters (lactones) is 1. The van der Waals surface area contributed by atoms with Gasteiger partial charge in [-0.05, 0) is 123 Å². The molecule has 70 heavy (non-hydrogen) atoms. The molecular formula is C54H70N8O8. The number of nitrogens with zero attached hydrogens (tertiary/aromatic N) is 5. The normalized spacial score (nSPS) is 25.3. The number of esters is 1. The van der Waals surface area contributed by atoms with E-state index in [1.54, 1.807) is 32.5 Å². The van der Waals surface area contributed by atoms with Crippen molar-refractivity contribution < 1.29 is 38.6 Å². The summed E-state index contributed by atoms with van der Waals surface area (Å²) in [6.45, 7) is 13.8. The van der Waals surface area contributed by atoms with E-state index >= 15 is 0 Å². The maximum absolute atomic E-state index is 14.8. The number of ether oxygens (including phenoxy) is 2. The van der Waals surface area contributed by atoms with Gasteiger partial charge in [-0.25, -0.2) is 5.43 Å². The molecule has 5 aliphatic heterocycles. The molecule has 8 atom stereocenters.